The topological polar surface area (TPSA) is 221 Å². The van der Waals surface area contributed by atoms with Gasteiger partial charge < -0.3 is 44.7 Å². The highest BCUT2D eigenvalue weighted by molar-refractivity contribution is 7.89. The van der Waals surface area contributed by atoms with Crippen LogP contribution >= 0.6 is 7.82 Å². The van der Waals surface area contributed by atoms with E-state index >= 15 is 0 Å². The number of unbranched alkanes of at least 4 members (excludes halogenated alkanes) is 1. The lowest BCUT2D eigenvalue weighted by Crippen LogP contribution is -2.64. The fraction of sp³-hybridized carbons (Fsp3) is 0.680. The van der Waals surface area contributed by atoms with Crippen molar-refractivity contribution in [3.63, 3.8) is 0 Å². The van der Waals surface area contributed by atoms with Gasteiger partial charge in [0.15, 0.2) is 5.78 Å². The van der Waals surface area contributed by atoms with Gasteiger partial charge in [0.25, 0.3) is 0 Å². The van der Waals surface area contributed by atoms with Crippen LogP contribution in [0.3, 0.4) is 0 Å². The zero-order valence-electron chi connectivity index (χ0n) is 24.4. The number of halogens is 3. The highest BCUT2D eigenvalue weighted by atomic mass is 32.2. The normalized spacial score (nSPS) is 19.0. The Bertz CT molecular complexity index is 1230. The van der Waals surface area contributed by atoms with Crippen LogP contribution in [0.25, 0.3) is 0 Å². The van der Waals surface area contributed by atoms with E-state index in [1.165, 1.54) is 16.4 Å². The molecule has 44 heavy (non-hydrogen) atoms. The molecule has 2 heterocycles. The first kappa shape index (κ1) is 38.0. The summed E-state index contributed by atoms with van der Waals surface area (Å²) in [6.07, 6.45) is -6.12. The number of nitrogens with zero attached hydrogens (tertiary/aromatic N) is 2. The Hall–Kier alpha value is -2.15. The Kier molecular flexibility index (Phi) is 14.2. The Balaban J connectivity index is 0.000000580. The molecule has 2 fully saturated rings. The molecule has 2 atom stereocenters. The fourth-order valence-electron chi connectivity index (χ4n) is 4.48. The van der Waals surface area contributed by atoms with E-state index < -0.39 is 48.4 Å². The minimum Gasteiger partial charge on any atom is -0.790 e. The van der Waals surface area contributed by atoms with Gasteiger partial charge in [-0.05, 0) is 37.8 Å². The van der Waals surface area contributed by atoms with Gasteiger partial charge in [0.1, 0.15) is 6.04 Å². The number of phosphoric acid groups is 1. The number of morpholine rings is 1. The third kappa shape index (κ3) is 12.0. The van der Waals surface area contributed by atoms with Gasteiger partial charge in [0.05, 0.1) is 38.1 Å². The van der Waals surface area contributed by atoms with Crippen LogP contribution < -0.4 is 21.3 Å². The van der Waals surface area contributed by atoms with Crippen molar-refractivity contribution in [1.29, 1.82) is 0 Å². The number of sulfonamides is 1. The minimum absolute atomic E-state index is 0.00606. The van der Waals surface area contributed by atoms with Crippen molar-refractivity contribution in [3.05, 3.63) is 30.3 Å². The van der Waals surface area contributed by atoms with Crippen LogP contribution in [0.15, 0.2) is 35.2 Å². The molecule has 0 bridgehead atoms. The number of rotatable bonds is 11. The maximum atomic E-state index is 13.1. The second kappa shape index (κ2) is 16.4. The first-order valence-corrected chi connectivity index (χ1v) is 16.8. The zero-order valence-corrected chi connectivity index (χ0v) is 26.1. The predicted octanol–water partition coefficient (Wildman–Crippen LogP) is -0.947. The average molecular weight is 677 g/mol. The SMILES string of the molecule is CC(=O)[C@@H]([NH3+])CCCC[NH3+].O=C(O[C@H](COP(=O)([O-])[O-])C(F)(F)F)N1CCC2(CC1)CN(S(=O)(=O)c1ccccc1)CCO2. The number of likely N-dealkylation sites (tertiary alicyclic amines) is 1. The molecule has 6 N–H and O–H groups in total. The lowest BCUT2D eigenvalue weighted by Gasteiger charge is -2.46. The largest absolute Gasteiger partial charge is 0.790 e. The van der Waals surface area contributed by atoms with E-state index in [4.69, 9.17) is 4.74 Å². The van der Waals surface area contributed by atoms with Crippen molar-refractivity contribution in [1.82, 2.24) is 9.21 Å². The second-order valence-corrected chi connectivity index (χ2v) is 13.6. The van der Waals surface area contributed by atoms with E-state index in [2.05, 4.69) is 20.7 Å². The molecule has 0 unspecified atom stereocenters. The summed E-state index contributed by atoms with van der Waals surface area (Å²) < 4.78 is 90.6. The lowest BCUT2D eigenvalue weighted by atomic mass is 9.90. The van der Waals surface area contributed by atoms with Gasteiger partial charge in [-0.3, -0.25) is 4.79 Å². The third-order valence-electron chi connectivity index (χ3n) is 7.15. The number of amides is 1. The lowest BCUT2D eigenvalue weighted by molar-refractivity contribution is -0.405. The molecule has 2 saturated heterocycles. The second-order valence-electron chi connectivity index (χ2n) is 10.5. The van der Waals surface area contributed by atoms with Gasteiger partial charge in [-0.15, -0.1) is 0 Å². The van der Waals surface area contributed by atoms with Gasteiger partial charge in [-0.2, -0.15) is 17.5 Å². The Morgan fingerprint density at radius 3 is 2.27 bits per heavy atom. The molecule has 2 aliphatic heterocycles. The number of ether oxygens (including phenoxy) is 2. The standard InChI is InChI=1S/C18H24F3N2O9PS.C7H16N2O/c19-18(20,21)15(12-31-33(25,26)27)32-16(24)22-8-6-17(7-9-22)13-23(10-11-30-17)34(28,29)14-4-2-1-3-5-14;1-6(10)7(9)4-2-3-5-8/h1-5,15H,6-13H2,(H2,25,26,27);7H,2-5,8-9H2,1H3/t15-;7-/m10/s1. The summed E-state index contributed by atoms with van der Waals surface area (Å²) in [5, 5.41) is 0. The molecule has 2 aliphatic rings. The van der Waals surface area contributed by atoms with Crippen molar-refractivity contribution < 1.29 is 71.0 Å². The number of ketones is 1. The summed E-state index contributed by atoms with van der Waals surface area (Å²) >= 11 is 0. The van der Waals surface area contributed by atoms with Gasteiger partial charge in [0, 0.05) is 39.5 Å². The van der Waals surface area contributed by atoms with Gasteiger partial charge >= 0.3 is 12.3 Å². The molecule has 1 aromatic carbocycles. The van der Waals surface area contributed by atoms with Crippen LogP contribution in [-0.4, -0.2) is 99.4 Å². The summed E-state index contributed by atoms with van der Waals surface area (Å²) in [5.74, 6) is 0.198. The van der Waals surface area contributed by atoms with E-state index in [-0.39, 0.29) is 62.3 Å². The molecular weight excluding hydrogens is 636 g/mol. The number of Topliss-reactive ketones (excluding diaryl/α,β-unsaturated/α-hetero) is 1. The molecule has 19 heteroatoms. The Morgan fingerprint density at radius 2 is 1.75 bits per heavy atom. The van der Waals surface area contributed by atoms with Crippen LogP contribution in [0, 0.1) is 0 Å². The number of hydrogen-bond donors (Lipinski definition) is 2. The quantitative estimate of drug-likeness (QED) is 0.216. The number of phosphoric ester groups is 1. The average Bonchev–Trinajstić information content (AvgIpc) is 2.95. The maximum absolute atomic E-state index is 13.1. The number of piperidine rings is 1. The maximum Gasteiger partial charge on any atom is 0.427 e. The summed E-state index contributed by atoms with van der Waals surface area (Å²) in [6, 6.07) is 7.82. The first-order valence-electron chi connectivity index (χ1n) is 13.9. The van der Waals surface area contributed by atoms with Crippen LogP contribution in [0.1, 0.15) is 39.0 Å². The smallest absolute Gasteiger partial charge is 0.427 e. The van der Waals surface area contributed by atoms with E-state index in [1.54, 1.807) is 25.1 Å². The molecule has 14 nitrogen and oxygen atoms in total. The summed E-state index contributed by atoms with van der Waals surface area (Å²) in [4.78, 5) is 44.9. The monoisotopic (exact) mass is 676 g/mol. The predicted molar refractivity (Wildman–Crippen MR) is 144 cm³/mol. The van der Waals surface area contributed by atoms with Crippen LogP contribution in [0.4, 0.5) is 18.0 Å². The van der Waals surface area contributed by atoms with Crippen molar-refractivity contribution in [2.24, 2.45) is 0 Å². The van der Waals surface area contributed by atoms with Crippen molar-refractivity contribution >= 4 is 29.7 Å². The molecule has 1 spiro atoms. The van der Waals surface area contributed by atoms with Crippen LogP contribution in [0.2, 0.25) is 0 Å². The van der Waals surface area contributed by atoms with E-state index in [0.29, 0.717) is 0 Å². The molecule has 1 aromatic rings. The molecule has 3 rings (SSSR count). The summed E-state index contributed by atoms with van der Waals surface area (Å²) in [6.45, 7) is 0.930. The number of alkyl halides is 3. The molecule has 1 amide bonds. The van der Waals surface area contributed by atoms with Crippen molar-refractivity contribution in [2.45, 2.75) is 67.8 Å². The number of carbonyl (C=O) groups is 2. The Morgan fingerprint density at radius 1 is 1.14 bits per heavy atom. The molecular formula is C25H40F3N4O10PS. The molecule has 0 radical (unpaired) electrons. The van der Waals surface area contributed by atoms with E-state index in [0.717, 1.165) is 30.7 Å². The Labute approximate surface area is 254 Å². The third-order valence-corrected chi connectivity index (χ3v) is 9.47. The van der Waals surface area contributed by atoms with Crippen molar-refractivity contribution in [3.8, 4) is 0 Å². The molecule has 0 aliphatic carbocycles. The number of benzene rings is 1. The van der Waals surface area contributed by atoms with E-state index in [9.17, 15) is 45.5 Å². The van der Waals surface area contributed by atoms with Gasteiger partial charge in [0.2, 0.25) is 16.1 Å². The first-order chi connectivity index (χ1) is 20.4. The minimum atomic E-state index is -5.70. The molecule has 252 valence electrons. The van der Waals surface area contributed by atoms with E-state index in [1.807, 2.05) is 0 Å². The highest BCUT2D eigenvalue weighted by Crippen LogP contribution is 2.34. The fourth-order valence-corrected chi connectivity index (χ4v) is 6.31. The van der Waals surface area contributed by atoms with Gasteiger partial charge in [-0.25, -0.2) is 13.2 Å². The molecule has 0 aromatic heterocycles. The van der Waals surface area contributed by atoms with Gasteiger partial charge in [-0.1, -0.05) is 18.2 Å². The van der Waals surface area contributed by atoms with Crippen LogP contribution in [0.5, 0.6) is 0 Å². The van der Waals surface area contributed by atoms with Crippen LogP contribution in [-0.2, 0) is 33.4 Å². The number of hydrogen-bond acceptors (Lipinski definition) is 10. The summed E-state index contributed by atoms with van der Waals surface area (Å²) in [5.41, 5.74) is 6.53. The number of carbonyl (C=O) groups excluding carboxylic acids is 2. The zero-order chi connectivity index (χ0) is 33.2. The highest BCUT2D eigenvalue weighted by Gasteiger charge is 2.47. The number of quaternary nitrogens is 2. The molecule has 0 saturated carbocycles. The van der Waals surface area contributed by atoms with Crippen molar-refractivity contribution in [2.75, 3.05) is 45.9 Å². The summed E-state index contributed by atoms with van der Waals surface area (Å²) in [7, 11) is -9.49.